The SMILES string of the molecule is [B]C(=O)N1C(CC)C(CC2CCC(C)CC2C(C)=O)OC1(C)C. The summed E-state index contributed by atoms with van der Waals surface area (Å²) in [5.41, 5.74) is -0.676. The fourth-order valence-corrected chi connectivity index (χ4v) is 4.67. The van der Waals surface area contributed by atoms with Gasteiger partial charge in [-0.1, -0.05) is 20.3 Å². The Bertz CT molecular complexity index is 465. The Hall–Kier alpha value is -0.835. The minimum absolute atomic E-state index is 0.00513. The maximum absolute atomic E-state index is 12.1. The van der Waals surface area contributed by atoms with Gasteiger partial charge in [0.05, 0.1) is 12.1 Å². The fraction of sp³-hybridized carbons (Fsp3) is 0.889. The minimum Gasteiger partial charge on any atom is -0.351 e. The monoisotopic (exact) mass is 319 g/mol. The van der Waals surface area contributed by atoms with Crippen molar-refractivity contribution in [3.63, 3.8) is 0 Å². The number of carbonyl (C=O) groups is 2. The Labute approximate surface area is 141 Å². The minimum atomic E-state index is -0.676. The first-order valence-electron chi connectivity index (χ1n) is 8.94. The van der Waals surface area contributed by atoms with Crippen molar-refractivity contribution in [3.8, 4) is 0 Å². The van der Waals surface area contributed by atoms with Gasteiger partial charge in [0, 0.05) is 5.92 Å². The zero-order valence-electron chi connectivity index (χ0n) is 15.2. The second kappa shape index (κ2) is 6.96. The van der Waals surface area contributed by atoms with E-state index in [0.717, 1.165) is 25.7 Å². The summed E-state index contributed by atoms with van der Waals surface area (Å²) in [6.07, 6.45) is 4.82. The molecule has 5 atom stereocenters. The van der Waals surface area contributed by atoms with E-state index in [1.54, 1.807) is 11.8 Å². The van der Waals surface area contributed by atoms with Gasteiger partial charge in [0.1, 0.15) is 11.5 Å². The van der Waals surface area contributed by atoms with Crippen LogP contribution in [0.25, 0.3) is 0 Å². The van der Waals surface area contributed by atoms with E-state index in [9.17, 15) is 9.59 Å². The van der Waals surface area contributed by atoms with E-state index < -0.39 is 11.5 Å². The Kier molecular flexibility index (Phi) is 5.60. The second-order valence-electron chi connectivity index (χ2n) is 7.92. The number of hydrogen-bond acceptors (Lipinski definition) is 3. The molecule has 2 radical (unpaired) electrons. The van der Waals surface area contributed by atoms with Gasteiger partial charge < -0.3 is 9.64 Å². The van der Waals surface area contributed by atoms with Crippen LogP contribution in [0.5, 0.6) is 0 Å². The molecule has 128 valence electrons. The molecule has 0 aromatic carbocycles. The summed E-state index contributed by atoms with van der Waals surface area (Å²) in [6.45, 7) is 9.79. The highest BCUT2D eigenvalue weighted by atomic mass is 16.5. The largest absolute Gasteiger partial charge is 0.351 e. The molecule has 0 bridgehead atoms. The summed E-state index contributed by atoms with van der Waals surface area (Å²) < 4.78 is 6.20. The standard InChI is InChI=1S/C18H30BNO3/c1-6-15-16(23-18(4,5)20(15)17(19)22)10-13-8-7-11(2)9-14(13)12(3)21/h11,13-16H,6-10H2,1-5H3. The van der Waals surface area contributed by atoms with Crippen molar-refractivity contribution in [3.05, 3.63) is 0 Å². The van der Waals surface area contributed by atoms with E-state index in [2.05, 4.69) is 13.8 Å². The molecule has 1 saturated carbocycles. The van der Waals surface area contributed by atoms with E-state index in [1.165, 1.54) is 6.42 Å². The molecule has 2 fully saturated rings. The summed E-state index contributed by atoms with van der Waals surface area (Å²) in [5, 5.41) is 0. The topological polar surface area (TPSA) is 46.6 Å². The molecular formula is C18H30BNO3. The smallest absolute Gasteiger partial charge is 0.200 e. The number of amides is 1. The van der Waals surface area contributed by atoms with Gasteiger partial charge in [-0.15, -0.1) is 0 Å². The number of ether oxygens (including phenoxy) is 1. The molecule has 1 saturated heterocycles. The summed E-state index contributed by atoms with van der Waals surface area (Å²) in [4.78, 5) is 25.6. The van der Waals surface area contributed by atoms with Gasteiger partial charge in [0.15, 0.2) is 5.81 Å². The van der Waals surface area contributed by atoms with Crippen molar-refractivity contribution in [1.29, 1.82) is 0 Å². The van der Waals surface area contributed by atoms with Crippen molar-refractivity contribution in [1.82, 2.24) is 4.90 Å². The highest BCUT2D eigenvalue weighted by Crippen LogP contribution is 2.42. The number of rotatable bonds is 4. The average molecular weight is 319 g/mol. The van der Waals surface area contributed by atoms with Crippen LogP contribution in [-0.4, -0.2) is 42.2 Å². The molecular weight excluding hydrogens is 289 g/mol. The summed E-state index contributed by atoms with van der Waals surface area (Å²) in [5.74, 6) is 0.963. The third-order valence-corrected chi connectivity index (χ3v) is 5.75. The Morgan fingerprint density at radius 3 is 2.48 bits per heavy atom. The number of ketones is 1. The maximum Gasteiger partial charge on any atom is 0.200 e. The van der Waals surface area contributed by atoms with Gasteiger partial charge in [0.2, 0.25) is 7.85 Å². The zero-order valence-corrected chi connectivity index (χ0v) is 15.2. The lowest BCUT2D eigenvalue weighted by molar-refractivity contribution is -0.125. The third kappa shape index (κ3) is 3.81. The molecule has 1 aliphatic carbocycles. The van der Waals surface area contributed by atoms with Gasteiger partial charge in [-0.3, -0.25) is 9.59 Å². The molecule has 5 heteroatoms. The number of carbonyl (C=O) groups excluding carboxylic acids is 2. The molecule has 1 aliphatic heterocycles. The number of hydrogen-bond donors (Lipinski definition) is 0. The molecule has 0 aromatic heterocycles. The maximum atomic E-state index is 12.1. The molecule has 5 unspecified atom stereocenters. The van der Waals surface area contributed by atoms with E-state index in [1.807, 2.05) is 13.8 Å². The Morgan fingerprint density at radius 1 is 1.30 bits per heavy atom. The second-order valence-corrected chi connectivity index (χ2v) is 7.92. The van der Waals surface area contributed by atoms with Crippen molar-refractivity contribution < 1.29 is 14.3 Å². The first kappa shape index (κ1) is 18.5. The molecule has 2 aliphatic rings. The van der Waals surface area contributed by atoms with Crippen molar-refractivity contribution >= 4 is 19.4 Å². The predicted molar refractivity (Wildman–Crippen MR) is 91.3 cm³/mol. The van der Waals surface area contributed by atoms with Crippen LogP contribution in [0.15, 0.2) is 0 Å². The van der Waals surface area contributed by atoms with Crippen LogP contribution in [0.2, 0.25) is 0 Å². The molecule has 0 N–H and O–H groups in total. The number of nitrogens with zero attached hydrogens (tertiary/aromatic N) is 1. The van der Waals surface area contributed by atoms with Crippen LogP contribution in [0.3, 0.4) is 0 Å². The van der Waals surface area contributed by atoms with Gasteiger partial charge in [-0.2, -0.15) is 0 Å². The summed E-state index contributed by atoms with van der Waals surface area (Å²) >= 11 is 0. The summed E-state index contributed by atoms with van der Waals surface area (Å²) in [6, 6.07) is -0.00513. The number of Topliss-reactive ketones (excluding diaryl/α,β-unsaturated/α-hetero) is 1. The lowest BCUT2D eigenvalue weighted by Gasteiger charge is -2.35. The van der Waals surface area contributed by atoms with Crippen molar-refractivity contribution in [2.24, 2.45) is 17.8 Å². The molecule has 2 rings (SSSR count). The van der Waals surface area contributed by atoms with Crippen LogP contribution >= 0.6 is 0 Å². The van der Waals surface area contributed by atoms with Crippen molar-refractivity contribution in [2.45, 2.75) is 84.6 Å². The Balaban J connectivity index is 2.15. The fourth-order valence-electron chi connectivity index (χ4n) is 4.67. The molecule has 0 aromatic rings. The van der Waals surface area contributed by atoms with Crippen LogP contribution in [-0.2, 0) is 9.53 Å². The highest BCUT2D eigenvalue weighted by Gasteiger charge is 2.48. The van der Waals surface area contributed by atoms with Gasteiger partial charge in [-0.25, -0.2) is 0 Å². The lowest BCUT2D eigenvalue weighted by Crippen LogP contribution is -2.47. The van der Waals surface area contributed by atoms with Crippen molar-refractivity contribution in [2.75, 3.05) is 0 Å². The van der Waals surface area contributed by atoms with Crippen LogP contribution in [0.1, 0.15) is 66.7 Å². The molecule has 0 spiro atoms. The molecule has 23 heavy (non-hydrogen) atoms. The molecule has 1 amide bonds. The van der Waals surface area contributed by atoms with Gasteiger partial charge in [0.25, 0.3) is 0 Å². The van der Waals surface area contributed by atoms with Gasteiger partial charge in [-0.05, 0) is 58.3 Å². The van der Waals surface area contributed by atoms with Crippen LogP contribution in [0.4, 0.5) is 4.79 Å². The van der Waals surface area contributed by atoms with Gasteiger partial charge >= 0.3 is 0 Å². The normalized spacial score (nSPS) is 36.9. The van der Waals surface area contributed by atoms with E-state index in [4.69, 9.17) is 12.6 Å². The van der Waals surface area contributed by atoms with E-state index in [0.29, 0.717) is 17.6 Å². The third-order valence-electron chi connectivity index (χ3n) is 5.75. The summed E-state index contributed by atoms with van der Waals surface area (Å²) in [7, 11) is 5.58. The van der Waals surface area contributed by atoms with Crippen LogP contribution < -0.4 is 0 Å². The van der Waals surface area contributed by atoms with E-state index >= 15 is 0 Å². The Morgan fingerprint density at radius 2 is 1.96 bits per heavy atom. The first-order chi connectivity index (χ1) is 10.7. The van der Waals surface area contributed by atoms with Crippen LogP contribution in [0, 0.1) is 17.8 Å². The quantitative estimate of drug-likeness (QED) is 0.745. The predicted octanol–water partition coefficient (Wildman–Crippen LogP) is 3.52. The average Bonchev–Trinajstić information content (AvgIpc) is 2.70. The lowest BCUT2D eigenvalue weighted by atomic mass is 9.70. The molecule has 1 heterocycles. The first-order valence-corrected chi connectivity index (χ1v) is 8.94. The van der Waals surface area contributed by atoms with E-state index in [-0.39, 0.29) is 18.1 Å². The zero-order chi connectivity index (χ0) is 17.4. The molecule has 4 nitrogen and oxygen atoms in total. The highest BCUT2D eigenvalue weighted by molar-refractivity contribution is 6.57.